The highest BCUT2D eigenvalue weighted by molar-refractivity contribution is 5.45. The number of piperidine rings is 2. The molecular weight excluding hydrogens is 318 g/mol. The van der Waals surface area contributed by atoms with Crippen LogP contribution in [-0.2, 0) is 0 Å². The van der Waals surface area contributed by atoms with Crippen molar-refractivity contribution in [3.05, 3.63) is 0 Å². The molecule has 3 N–H and O–H groups in total. The standard InChI is InChI=1S/C17H31N7O/c1-12(2)19-16-20-15(18-7-10-25)21-17(22-16)24-8-4-5-13-11-23(3)9-6-14(13)24/h12-14,25H,4-11H2,1-3H3,(H2,18,19,20,21,22)/t13-,14+/m1/s1. The van der Waals surface area contributed by atoms with Crippen molar-refractivity contribution in [2.45, 2.75) is 45.2 Å². The molecule has 0 saturated carbocycles. The predicted octanol–water partition coefficient (Wildman–Crippen LogP) is 1.02. The quantitative estimate of drug-likeness (QED) is 0.701. The number of hydrogen-bond donors (Lipinski definition) is 3. The number of hydrogen-bond acceptors (Lipinski definition) is 8. The SMILES string of the molecule is CC(C)Nc1nc(NCCO)nc(N2CCC[C@@H]3CN(C)CC[C@@H]32)n1. The maximum absolute atomic E-state index is 9.08. The summed E-state index contributed by atoms with van der Waals surface area (Å²) in [6.07, 6.45) is 3.61. The van der Waals surface area contributed by atoms with E-state index in [4.69, 9.17) is 10.1 Å². The zero-order valence-corrected chi connectivity index (χ0v) is 15.6. The second-order valence-electron chi connectivity index (χ2n) is 7.45. The maximum Gasteiger partial charge on any atom is 0.232 e. The first-order valence-corrected chi connectivity index (χ1v) is 9.39. The number of nitrogens with zero attached hydrogens (tertiary/aromatic N) is 5. The van der Waals surface area contributed by atoms with E-state index in [1.165, 1.54) is 12.8 Å². The van der Waals surface area contributed by atoms with Crippen LogP contribution in [0.4, 0.5) is 17.8 Å². The molecule has 1 aromatic rings. The zero-order chi connectivity index (χ0) is 17.8. The third kappa shape index (κ3) is 4.49. The maximum atomic E-state index is 9.08. The molecule has 140 valence electrons. The van der Waals surface area contributed by atoms with Crippen molar-refractivity contribution in [3.8, 4) is 0 Å². The Morgan fingerprint density at radius 1 is 1.16 bits per heavy atom. The number of aliphatic hydroxyl groups is 1. The fourth-order valence-electron chi connectivity index (χ4n) is 3.90. The van der Waals surface area contributed by atoms with Gasteiger partial charge >= 0.3 is 0 Å². The lowest BCUT2D eigenvalue weighted by atomic mass is 9.84. The van der Waals surface area contributed by atoms with Gasteiger partial charge in [0, 0.05) is 31.7 Å². The van der Waals surface area contributed by atoms with Gasteiger partial charge in [-0.2, -0.15) is 15.0 Å². The Morgan fingerprint density at radius 2 is 1.96 bits per heavy atom. The van der Waals surface area contributed by atoms with Crippen LogP contribution in [0.3, 0.4) is 0 Å². The van der Waals surface area contributed by atoms with E-state index in [0.717, 1.165) is 32.0 Å². The first-order valence-electron chi connectivity index (χ1n) is 9.39. The van der Waals surface area contributed by atoms with Gasteiger partial charge in [-0.1, -0.05) is 0 Å². The Balaban J connectivity index is 1.85. The van der Waals surface area contributed by atoms with Crippen molar-refractivity contribution in [1.29, 1.82) is 0 Å². The van der Waals surface area contributed by atoms with Crippen molar-refractivity contribution in [2.75, 3.05) is 55.4 Å². The molecule has 0 aliphatic carbocycles. The van der Waals surface area contributed by atoms with Gasteiger partial charge in [0.25, 0.3) is 0 Å². The smallest absolute Gasteiger partial charge is 0.232 e. The van der Waals surface area contributed by atoms with Crippen LogP contribution in [0.25, 0.3) is 0 Å². The lowest BCUT2D eigenvalue weighted by Gasteiger charge is -2.46. The van der Waals surface area contributed by atoms with Crippen molar-refractivity contribution in [3.63, 3.8) is 0 Å². The monoisotopic (exact) mass is 349 g/mol. The number of anilines is 3. The molecule has 0 spiro atoms. The van der Waals surface area contributed by atoms with Crippen LogP contribution in [0.15, 0.2) is 0 Å². The van der Waals surface area contributed by atoms with Crippen molar-refractivity contribution >= 4 is 17.8 Å². The fourth-order valence-corrected chi connectivity index (χ4v) is 3.90. The summed E-state index contributed by atoms with van der Waals surface area (Å²) in [6.45, 7) is 7.89. The minimum absolute atomic E-state index is 0.0503. The van der Waals surface area contributed by atoms with Gasteiger partial charge in [-0.05, 0) is 52.6 Å². The Bertz CT molecular complexity index is 568. The number of aliphatic hydroxyl groups excluding tert-OH is 1. The number of rotatable bonds is 6. The van der Waals surface area contributed by atoms with Gasteiger partial charge in [0.1, 0.15) is 0 Å². The summed E-state index contributed by atoms with van der Waals surface area (Å²) >= 11 is 0. The Labute approximate surface area is 150 Å². The van der Waals surface area contributed by atoms with E-state index < -0.39 is 0 Å². The van der Waals surface area contributed by atoms with Crippen molar-refractivity contribution < 1.29 is 5.11 Å². The van der Waals surface area contributed by atoms with Gasteiger partial charge in [0.2, 0.25) is 17.8 Å². The molecule has 3 rings (SSSR count). The molecule has 2 atom stereocenters. The lowest BCUT2D eigenvalue weighted by Crippen LogP contribution is -2.54. The van der Waals surface area contributed by atoms with Crippen LogP contribution in [-0.4, -0.2) is 76.9 Å². The number of aromatic nitrogens is 3. The average Bonchev–Trinajstić information content (AvgIpc) is 2.58. The van der Waals surface area contributed by atoms with Crippen LogP contribution in [0.1, 0.15) is 33.1 Å². The van der Waals surface area contributed by atoms with Gasteiger partial charge in [0.05, 0.1) is 6.61 Å². The van der Waals surface area contributed by atoms with Gasteiger partial charge in [-0.25, -0.2) is 0 Å². The van der Waals surface area contributed by atoms with E-state index in [0.29, 0.717) is 30.4 Å². The molecule has 8 nitrogen and oxygen atoms in total. The highest BCUT2D eigenvalue weighted by atomic mass is 16.3. The molecule has 8 heteroatoms. The molecule has 2 aliphatic rings. The topological polar surface area (TPSA) is 89.4 Å². The van der Waals surface area contributed by atoms with E-state index in [-0.39, 0.29) is 12.6 Å². The minimum Gasteiger partial charge on any atom is -0.395 e. The molecule has 3 heterocycles. The highest BCUT2D eigenvalue weighted by Crippen LogP contribution is 2.32. The van der Waals surface area contributed by atoms with E-state index in [1.807, 2.05) is 0 Å². The molecule has 2 aliphatic heterocycles. The molecule has 0 bridgehead atoms. The normalized spacial score (nSPS) is 24.3. The molecule has 2 saturated heterocycles. The van der Waals surface area contributed by atoms with Crippen LogP contribution < -0.4 is 15.5 Å². The van der Waals surface area contributed by atoms with E-state index in [2.05, 4.69) is 51.3 Å². The zero-order valence-electron chi connectivity index (χ0n) is 15.6. The van der Waals surface area contributed by atoms with Gasteiger partial charge < -0.3 is 25.5 Å². The number of nitrogens with one attached hydrogen (secondary N) is 2. The van der Waals surface area contributed by atoms with Gasteiger partial charge in [-0.3, -0.25) is 0 Å². The first kappa shape index (κ1) is 18.1. The summed E-state index contributed by atoms with van der Waals surface area (Å²) in [5, 5.41) is 15.4. The second-order valence-corrected chi connectivity index (χ2v) is 7.45. The van der Waals surface area contributed by atoms with E-state index >= 15 is 0 Å². The summed E-state index contributed by atoms with van der Waals surface area (Å²) < 4.78 is 0. The number of fused-ring (bicyclic) bond motifs is 1. The molecule has 25 heavy (non-hydrogen) atoms. The predicted molar refractivity (Wildman–Crippen MR) is 100 cm³/mol. The summed E-state index contributed by atoms with van der Waals surface area (Å²) in [5.41, 5.74) is 0. The van der Waals surface area contributed by atoms with Crippen LogP contribution in [0.5, 0.6) is 0 Å². The summed E-state index contributed by atoms with van der Waals surface area (Å²) in [6, 6.07) is 0.753. The average molecular weight is 349 g/mol. The van der Waals surface area contributed by atoms with Crippen molar-refractivity contribution in [2.24, 2.45) is 5.92 Å². The fraction of sp³-hybridized carbons (Fsp3) is 0.824. The van der Waals surface area contributed by atoms with Gasteiger partial charge in [-0.15, -0.1) is 0 Å². The summed E-state index contributed by atoms with van der Waals surface area (Å²) in [7, 11) is 2.21. The third-order valence-corrected chi connectivity index (χ3v) is 4.96. The summed E-state index contributed by atoms with van der Waals surface area (Å²) in [4.78, 5) is 18.6. The molecule has 1 aromatic heterocycles. The van der Waals surface area contributed by atoms with Crippen LogP contribution in [0, 0.1) is 5.92 Å². The largest absolute Gasteiger partial charge is 0.395 e. The molecule has 0 amide bonds. The Kier molecular flexibility index (Phi) is 5.90. The van der Waals surface area contributed by atoms with E-state index in [9.17, 15) is 0 Å². The lowest BCUT2D eigenvalue weighted by molar-refractivity contribution is 0.153. The Morgan fingerprint density at radius 3 is 2.72 bits per heavy atom. The van der Waals surface area contributed by atoms with Crippen LogP contribution >= 0.6 is 0 Å². The summed E-state index contributed by atoms with van der Waals surface area (Å²) in [5.74, 6) is 2.55. The highest BCUT2D eigenvalue weighted by Gasteiger charge is 2.36. The number of likely N-dealkylation sites (tertiary alicyclic amines) is 1. The Hall–Kier alpha value is -1.67. The third-order valence-electron chi connectivity index (χ3n) is 4.96. The van der Waals surface area contributed by atoms with Crippen molar-refractivity contribution in [1.82, 2.24) is 19.9 Å². The molecule has 2 fully saturated rings. The van der Waals surface area contributed by atoms with Crippen LogP contribution in [0.2, 0.25) is 0 Å². The molecule has 0 radical (unpaired) electrons. The minimum atomic E-state index is 0.0503. The second kappa shape index (κ2) is 8.14. The molecule has 0 unspecified atom stereocenters. The van der Waals surface area contributed by atoms with E-state index in [1.54, 1.807) is 0 Å². The molecule has 0 aromatic carbocycles. The molecular formula is C17H31N7O. The first-order chi connectivity index (χ1) is 12.1. The van der Waals surface area contributed by atoms with Gasteiger partial charge in [0.15, 0.2) is 0 Å².